The van der Waals surface area contributed by atoms with Crippen molar-refractivity contribution in [1.82, 2.24) is 15.3 Å². The van der Waals surface area contributed by atoms with E-state index >= 15 is 0 Å². The highest BCUT2D eigenvalue weighted by Crippen LogP contribution is 2.44. The Hall–Kier alpha value is -1.20. The number of hydrogen-bond donors (Lipinski definition) is 2. The fourth-order valence-electron chi connectivity index (χ4n) is 3.33. The van der Waals surface area contributed by atoms with Crippen molar-refractivity contribution in [2.24, 2.45) is 5.41 Å². The van der Waals surface area contributed by atoms with Crippen LogP contribution in [0.5, 0.6) is 5.75 Å². The second-order valence-electron chi connectivity index (χ2n) is 6.37. The molecule has 21 heavy (non-hydrogen) atoms. The number of thioether (sulfide) groups is 1. The maximum absolute atomic E-state index is 5.26. The molecule has 1 aromatic heterocycles. The zero-order valence-corrected chi connectivity index (χ0v) is 13.9. The van der Waals surface area contributed by atoms with Gasteiger partial charge in [0.15, 0.2) is 5.16 Å². The fraction of sp³-hybridized carbons (Fsp3) is 0.562. The predicted molar refractivity (Wildman–Crippen MR) is 88.2 cm³/mol. The molecule has 3 rings (SSSR count). The van der Waals surface area contributed by atoms with Crippen LogP contribution in [0.3, 0.4) is 0 Å². The monoisotopic (exact) mass is 305 g/mol. The zero-order valence-electron chi connectivity index (χ0n) is 13.1. The molecule has 1 aliphatic carbocycles. The smallest absolute Gasteiger partial charge is 0.166 e. The Morgan fingerprint density at radius 1 is 1.43 bits per heavy atom. The summed E-state index contributed by atoms with van der Waals surface area (Å²) in [5, 5.41) is 5.06. The highest BCUT2D eigenvalue weighted by Gasteiger charge is 2.41. The van der Waals surface area contributed by atoms with Crippen molar-refractivity contribution in [3.05, 3.63) is 18.2 Å². The minimum atomic E-state index is 0.349. The molecule has 114 valence electrons. The highest BCUT2D eigenvalue weighted by atomic mass is 32.2. The third-order valence-electron chi connectivity index (χ3n) is 4.53. The van der Waals surface area contributed by atoms with Gasteiger partial charge in [-0.2, -0.15) is 0 Å². The number of H-pyrrole nitrogens is 1. The number of nitrogens with zero attached hydrogens (tertiary/aromatic N) is 1. The average molecular weight is 305 g/mol. The molecular formula is C16H23N3OS. The molecule has 2 aromatic rings. The summed E-state index contributed by atoms with van der Waals surface area (Å²) in [4.78, 5) is 8.11. The second kappa shape index (κ2) is 5.54. The molecule has 1 aromatic carbocycles. The van der Waals surface area contributed by atoms with E-state index in [0.29, 0.717) is 16.7 Å². The number of benzene rings is 1. The lowest BCUT2D eigenvalue weighted by Crippen LogP contribution is -2.41. The Labute approximate surface area is 130 Å². The van der Waals surface area contributed by atoms with Gasteiger partial charge in [0, 0.05) is 17.4 Å². The summed E-state index contributed by atoms with van der Waals surface area (Å²) in [6.07, 6.45) is 2.48. The van der Waals surface area contributed by atoms with E-state index < -0.39 is 0 Å². The predicted octanol–water partition coefficient (Wildman–Crippen LogP) is 3.44. The van der Waals surface area contributed by atoms with Crippen molar-refractivity contribution in [1.29, 1.82) is 0 Å². The molecule has 4 nitrogen and oxygen atoms in total. The Morgan fingerprint density at radius 2 is 2.24 bits per heavy atom. The largest absolute Gasteiger partial charge is 0.497 e. The third kappa shape index (κ3) is 2.77. The molecule has 0 spiro atoms. The molecule has 0 amide bonds. The van der Waals surface area contributed by atoms with E-state index in [1.54, 1.807) is 7.11 Å². The molecule has 0 radical (unpaired) electrons. The molecule has 0 saturated heterocycles. The number of nitrogens with one attached hydrogen (secondary N) is 2. The quantitative estimate of drug-likeness (QED) is 0.908. The lowest BCUT2D eigenvalue weighted by molar-refractivity contribution is 0.300. The van der Waals surface area contributed by atoms with Gasteiger partial charge in [0.25, 0.3) is 0 Å². The van der Waals surface area contributed by atoms with Gasteiger partial charge in [-0.3, -0.25) is 0 Å². The summed E-state index contributed by atoms with van der Waals surface area (Å²) >= 11 is 1.86. The van der Waals surface area contributed by atoms with Crippen molar-refractivity contribution >= 4 is 22.8 Å². The first kappa shape index (κ1) is 14.7. The normalized spacial score (nSPS) is 24.6. The number of aromatic amines is 1. The minimum Gasteiger partial charge on any atom is -0.497 e. The van der Waals surface area contributed by atoms with Gasteiger partial charge >= 0.3 is 0 Å². The van der Waals surface area contributed by atoms with Crippen LogP contribution in [0, 0.1) is 5.41 Å². The molecular weight excluding hydrogens is 282 g/mol. The van der Waals surface area contributed by atoms with Crippen LogP contribution in [0.15, 0.2) is 23.4 Å². The van der Waals surface area contributed by atoms with Crippen LogP contribution >= 0.6 is 11.8 Å². The van der Waals surface area contributed by atoms with Gasteiger partial charge in [0.1, 0.15) is 5.75 Å². The number of hydrogen-bond acceptors (Lipinski definition) is 4. The van der Waals surface area contributed by atoms with Crippen LogP contribution in [0.25, 0.3) is 11.0 Å². The number of imidazole rings is 1. The van der Waals surface area contributed by atoms with Gasteiger partial charge in [-0.25, -0.2) is 4.98 Å². The number of fused-ring (bicyclic) bond motifs is 1. The van der Waals surface area contributed by atoms with E-state index in [0.717, 1.165) is 21.9 Å². The first-order valence-corrected chi connectivity index (χ1v) is 8.29. The molecule has 1 aliphatic rings. The van der Waals surface area contributed by atoms with Crippen molar-refractivity contribution in [3.8, 4) is 5.75 Å². The topological polar surface area (TPSA) is 49.9 Å². The Balaban J connectivity index is 1.82. The number of rotatable bonds is 4. The summed E-state index contributed by atoms with van der Waals surface area (Å²) in [6.45, 7) is 4.69. The first-order valence-electron chi connectivity index (χ1n) is 7.41. The van der Waals surface area contributed by atoms with E-state index in [4.69, 9.17) is 9.72 Å². The van der Waals surface area contributed by atoms with Gasteiger partial charge in [0.05, 0.1) is 18.1 Å². The van der Waals surface area contributed by atoms with Crippen molar-refractivity contribution in [2.45, 2.75) is 43.1 Å². The molecule has 2 atom stereocenters. The minimum absolute atomic E-state index is 0.349. The number of methoxy groups -OCH3 is 1. The van der Waals surface area contributed by atoms with E-state index in [9.17, 15) is 0 Å². The Morgan fingerprint density at radius 3 is 2.95 bits per heavy atom. The maximum Gasteiger partial charge on any atom is 0.166 e. The lowest BCUT2D eigenvalue weighted by Gasteiger charge is -2.29. The van der Waals surface area contributed by atoms with Crippen molar-refractivity contribution in [2.75, 3.05) is 14.2 Å². The molecule has 0 bridgehead atoms. The van der Waals surface area contributed by atoms with E-state index in [-0.39, 0.29) is 0 Å². The van der Waals surface area contributed by atoms with Gasteiger partial charge in [-0.05, 0) is 37.4 Å². The SMILES string of the molecule is CNC1C(Sc2nc3ccc(OC)cc3[nH]2)CCC1(C)C. The third-order valence-corrected chi connectivity index (χ3v) is 5.76. The van der Waals surface area contributed by atoms with Gasteiger partial charge in [-0.15, -0.1) is 0 Å². The lowest BCUT2D eigenvalue weighted by atomic mass is 9.87. The maximum atomic E-state index is 5.26. The summed E-state index contributed by atoms with van der Waals surface area (Å²) in [5.41, 5.74) is 2.38. The number of ether oxygens (including phenoxy) is 1. The van der Waals surface area contributed by atoms with Gasteiger partial charge < -0.3 is 15.0 Å². The molecule has 5 heteroatoms. The molecule has 2 unspecified atom stereocenters. The fourth-order valence-corrected chi connectivity index (χ4v) is 4.82. The van der Waals surface area contributed by atoms with Crippen LogP contribution in [-0.2, 0) is 0 Å². The second-order valence-corrected chi connectivity index (χ2v) is 7.60. The van der Waals surface area contributed by atoms with Crippen molar-refractivity contribution in [3.63, 3.8) is 0 Å². The Kier molecular flexibility index (Phi) is 3.88. The zero-order chi connectivity index (χ0) is 15.0. The first-order chi connectivity index (χ1) is 10.0. The van der Waals surface area contributed by atoms with Crippen LogP contribution < -0.4 is 10.1 Å². The van der Waals surface area contributed by atoms with E-state index in [1.165, 1.54) is 12.8 Å². The summed E-state index contributed by atoms with van der Waals surface area (Å²) in [5.74, 6) is 0.859. The molecule has 1 saturated carbocycles. The van der Waals surface area contributed by atoms with Crippen LogP contribution in [0.1, 0.15) is 26.7 Å². The molecule has 2 N–H and O–H groups in total. The van der Waals surface area contributed by atoms with Crippen molar-refractivity contribution < 1.29 is 4.74 Å². The van der Waals surface area contributed by atoms with Gasteiger partial charge in [-0.1, -0.05) is 25.6 Å². The van der Waals surface area contributed by atoms with Crippen LogP contribution in [0.2, 0.25) is 0 Å². The Bertz CT molecular complexity index is 637. The average Bonchev–Trinajstić information content (AvgIpc) is 2.98. The van der Waals surface area contributed by atoms with E-state index in [1.807, 2.05) is 30.0 Å². The van der Waals surface area contributed by atoms with Crippen LogP contribution in [0.4, 0.5) is 0 Å². The summed E-state index contributed by atoms with van der Waals surface area (Å²) in [6, 6.07) is 6.47. The number of aromatic nitrogens is 2. The van der Waals surface area contributed by atoms with Gasteiger partial charge in [0.2, 0.25) is 0 Å². The summed E-state index contributed by atoms with van der Waals surface area (Å²) < 4.78 is 5.26. The highest BCUT2D eigenvalue weighted by molar-refractivity contribution is 7.99. The van der Waals surface area contributed by atoms with Crippen LogP contribution in [-0.4, -0.2) is 35.4 Å². The molecule has 1 fully saturated rings. The molecule has 0 aliphatic heterocycles. The standard InChI is InChI=1S/C16H23N3OS/c1-16(2)8-7-13(14(16)17-3)21-15-18-11-6-5-10(20-4)9-12(11)19-15/h5-6,9,13-14,17H,7-8H2,1-4H3,(H,18,19). The molecule has 1 heterocycles. The van der Waals surface area contributed by atoms with E-state index in [2.05, 4.69) is 31.2 Å². The summed E-state index contributed by atoms with van der Waals surface area (Å²) in [7, 11) is 3.75.